The first-order valence-corrected chi connectivity index (χ1v) is 8.94. The Bertz CT molecular complexity index is 683. The molecule has 1 aromatic rings. The summed E-state index contributed by atoms with van der Waals surface area (Å²) in [6.07, 6.45) is 3.91. The van der Waals surface area contributed by atoms with Gasteiger partial charge in [-0.2, -0.15) is 0 Å². The first-order valence-electron chi connectivity index (χ1n) is 7.71. The van der Waals surface area contributed by atoms with E-state index in [4.69, 9.17) is 26.4 Å². The molecule has 0 aliphatic carbocycles. The van der Waals surface area contributed by atoms with Gasteiger partial charge in [-0.15, -0.1) is 0 Å². The van der Waals surface area contributed by atoms with Gasteiger partial charge in [0.1, 0.15) is 15.8 Å². The predicted octanol–water partition coefficient (Wildman–Crippen LogP) is 3.08. The van der Waals surface area contributed by atoms with Crippen LogP contribution in [-0.2, 0) is 9.53 Å². The lowest BCUT2D eigenvalue weighted by Gasteiger charge is -2.18. The van der Waals surface area contributed by atoms with Crippen LogP contribution in [-0.4, -0.2) is 48.6 Å². The molecular formula is C17H19NO4S2. The predicted molar refractivity (Wildman–Crippen MR) is 98.4 cm³/mol. The maximum Gasteiger partial charge on any atom is 0.266 e. The van der Waals surface area contributed by atoms with Gasteiger partial charge in [0.05, 0.1) is 31.8 Å². The third-order valence-corrected chi connectivity index (χ3v) is 5.39. The van der Waals surface area contributed by atoms with Crippen LogP contribution in [0.3, 0.4) is 0 Å². The molecule has 128 valence electrons. The molecular weight excluding hydrogens is 346 g/mol. The number of amides is 1. The van der Waals surface area contributed by atoms with Gasteiger partial charge in [-0.1, -0.05) is 24.0 Å². The monoisotopic (exact) mass is 365 g/mol. The van der Waals surface area contributed by atoms with Crippen molar-refractivity contribution in [2.24, 2.45) is 0 Å². The van der Waals surface area contributed by atoms with E-state index in [2.05, 4.69) is 0 Å². The number of hydrogen-bond acceptors (Lipinski definition) is 6. The van der Waals surface area contributed by atoms with Gasteiger partial charge in [0, 0.05) is 18.2 Å². The van der Waals surface area contributed by atoms with Crippen LogP contribution in [0.1, 0.15) is 18.4 Å². The second-order valence-electron chi connectivity index (χ2n) is 5.54. The van der Waals surface area contributed by atoms with E-state index in [1.165, 1.54) is 11.8 Å². The van der Waals surface area contributed by atoms with Gasteiger partial charge in [0.2, 0.25) is 0 Å². The van der Waals surface area contributed by atoms with Gasteiger partial charge in [-0.05, 0) is 31.1 Å². The first-order chi connectivity index (χ1) is 11.6. The molecule has 24 heavy (non-hydrogen) atoms. The van der Waals surface area contributed by atoms with Crippen molar-refractivity contribution in [3.05, 3.63) is 28.7 Å². The molecule has 2 fully saturated rings. The van der Waals surface area contributed by atoms with E-state index >= 15 is 0 Å². The Morgan fingerprint density at radius 3 is 2.92 bits per heavy atom. The summed E-state index contributed by atoms with van der Waals surface area (Å²) in [5.74, 6) is 1.28. The van der Waals surface area contributed by atoms with E-state index < -0.39 is 0 Å². The zero-order valence-corrected chi connectivity index (χ0v) is 15.2. The van der Waals surface area contributed by atoms with Crippen molar-refractivity contribution in [3.8, 4) is 11.5 Å². The van der Waals surface area contributed by atoms with Crippen molar-refractivity contribution in [1.29, 1.82) is 0 Å². The fourth-order valence-corrected chi connectivity index (χ4v) is 3.99. The van der Waals surface area contributed by atoms with Gasteiger partial charge >= 0.3 is 0 Å². The molecule has 1 amide bonds. The van der Waals surface area contributed by atoms with E-state index in [-0.39, 0.29) is 12.0 Å². The lowest BCUT2D eigenvalue weighted by Crippen LogP contribution is -2.35. The van der Waals surface area contributed by atoms with Crippen molar-refractivity contribution in [2.45, 2.75) is 18.9 Å². The van der Waals surface area contributed by atoms with Crippen molar-refractivity contribution >= 4 is 40.3 Å². The van der Waals surface area contributed by atoms with Crippen molar-refractivity contribution in [1.82, 2.24) is 4.90 Å². The molecule has 5 nitrogen and oxygen atoms in total. The minimum atomic E-state index is -0.0710. The van der Waals surface area contributed by atoms with Gasteiger partial charge in [-0.25, -0.2) is 0 Å². The molecule has 0 N–H and O–H groups in total. The number of methoxy groups -OCH3 is 2. The number of rotatable bonds is 5. The van der Waals surface area contributed by atoms with E-state index in [9.17, 15) is 4.79 Å². The zero-order valence-electron chi connectivity index (χ0n) is 13.6. The number of thioether (sulfide) groups is 1. The highest BCUT2D eigenvalue weighted by Crippen LogP contribution is 2.35. The Kier molecular flexibility index (Phi) is 5.43. The molecule has 0 aromatic heterocycles. The molecule has 2 saturated heterocycles. The molecule has 0 saturated carbocycles. The molecule has 7 heteroatoms. The Balaban J connectivity index is 1.80. The zero-order chi connectivity index (χ0) is 17.1. The molecule has 2 heterocycles. The van der Waals surface area contributed by atoms with Crippen molar-refractivity contribution in [3.63, 3.8) is 0 Å². The van der Waals surface area contributed by atoms with Crippen LogP contribution in [0, 0.1) is 0 Å². The number of ether oxygens (including phenoxy) is 3. The molecule has 0 bridgehead atoms. The van der Waals surface area contributed by atoms with Crippen LogP contribution in [0.2, 0.25) is 0 Å². The summed E-state index contributed by atoms with van der Waals surface area (Å²) in [5, 5.41) is 0. The van der Waals surface area contributed by atoms with E-state index in [1.807, 2.05) is 18.2 Å². The summed E-state index contributed by atoms with van der Waals surface area (Å²) in [5.41, 5.74) is 0.816. The van der Waals surface area contributed by atoms with Gasteiger partial charge in [0.25, 0.3) is 5.91 Å². The molecule has 0 spiro atoms. The minimum Gasteiger partial charge on any atom is -0.497 e. The molecule has 2 aliphatic rings. The van der Waals surface area contributed by atoms with E-state index in [1.54, 1.807) is 25.2 Å². The highest BCUT2D eigenvalue weighted by atomic mass is 32.2. The highest BCUT2D eigenvalue weighted by Gasteiger charge is 2.34. The summed E-state index contributed by atoms with van der Waals surface area (Å²) < 4.78 is 16.8. The smallest absolute Gasteiger partial charge is 0.266 e. The summed E-state index contributed by atoms with van der Waals surface area (Å²) >= 11 is 6.68. The van der Waals surface area contributed by atoms with Crippen molar-refractivity contribution in [2.75, 3.05) is 27.4 Å². The molecule has 3 rings (SSSR count). The van der Waals surface area contributed by atoms with Crippen LogP contribution in [0.5, 0.6) is 11.5 Å². The summed E-state index contributed by atoms with van der Waals surface area (Å²) in [4.78, 5) is 14.9. The van der Waals surface area contributed by atoms with Gasteiger partial charge in [0.15, 0.2) is 0 Å². The maximum absolute atomic E-state index is 12.7. The fraction of sp³-hybridized carbons (Fsp3) is 0.412. The SMILES string of the molecule is COc1ccc(/C=C2\SC(=S)N(C[C@H]3CCCO3)C2=O)c(OC)c1. The number of carbonyl (C=O) groups excluding carboxylic acids is 1. The number of hydrogen-bond donors (Lipinski definition) is 0. The van der Waals surface area contributed by atoms with Crippen LogP contribution in [0.4, 0.5) is 0 Å². The Morgan fingerprint density at radius 2 is 2.25 bits per heavy atom. The Morgan fingerprint density at radius 1 is 1.42 bits per heavy atom. The molecule has 1 atom stereocenters. The average molecular weight is 365 g/mol. The van der Waals surface area contributed by atoms with Crippen LogP contribution >= 0.6 is 24.0 Å². The largest absolute Gasteiger partial charge is 0.497 e. The first kappa shape index (κ1) is 17.3. The Labute approximate surface area is 150 Å². The third kappa shape index (κ3) is 3.58. The van der Waals surface area contributed by atoms with Crippen LogP contribution < -0.4 is 9.47 Å². The van der Waals surface area contributed by atoms with Gasteiger partial charge in [-0.3, -0.25) is 9.69 Å². The molecule has 1 aromatic carbocycles. The molecule has 0 unspecified atom stereocenters. The average Bonchev–Trinajstić information content (AvgIpc) is 3.19. The van der Waals surface area contributed by atoms with Crippen molar-refractivity contribution < 1.29 is 19.0 Å². The minimum absolute atomic E-state index is 0.0710. The molecule has 0 radical (unpaired) electrons. The standard InChI is InChI=1S/C17H19NO4S2/c1-20-12-6-5-11(14(9-12)21-2)8-15-16(19)18(17(23)24-15)10-13-4-3-7-22-13/h5-6,8-9,13H,3-4,7,10H2,1-2H3/b15-8-/t13-/m1/s1. The Hall–Kier alpha value is -1.57. The van der Waals surface area contributed by atoms with Crippen LogP contribution in [0.15, 0.2) is 23.1 Å². The number of nitrogens with zero attached hydrogens (tertiary/aromatic N) is 1. The number of thiocarbonyl (C=S) groups is 1. The molecule has 2 aliphatic heterocycles. The third-order valence-electron chi connectivity index (χ3n) is 4.01. The highest BCUT2D eigenvalue weighted by molar-refractivity contribution is 8.26. The topological polar surface area (TPSA) is 48.0 Å². The number of benzene rings is 1. The normalized spacial score (nSPS) is 22.5. The maximum atomic E-state index is 12.7. The van der Waals surface area contributed by atoms with E-state index in [0.29, 0.717) is 27.3 Å². The van der Waals surface area contributed by atoms with Gasteiger partial charge < -0.3 is 14.2 Å². The second-order valence-corrected chi connectivity index (χ2v) is 7.21. The lowest BCUT2D eigenvalue weighted by atomic mass is 10.1. The van der Waals surface area contributed by atoms with Crippen LogP contribution in [0.25, 0.3) is 6.08 Å². The second kappa shape index (κ2) is 7.55. The summed E-state index contributed by atoms with van der Waals surface area (Å²) in [6.45, 7) is 1.29. The lowest BCUT2D eigenvalue weighted by molar-refractivity contribution is -0.123. The fourth-order valence-electron chi connectivity index (χ4n) is 2.73. The summed E-state index contributed by atoms with van der Waals surface area (Å²) in [6, 6.07) is 5.49. The number of carbonyl (C=O) groups is 1. The van der Waals surface area contributed by atoms with E-state index in [0.717, 1.165) is 25.0 Å². The summed E-state index contributed by atoms with van der Waals surface area (Å²) in [7, 11) is 3.19. The quantitative estimate of drug-likeness (QED) is 0.590.